The molecule has 19 heavy (non-hydrogen) atoms. The van der Waals surface area contributed by atoms with Gasteiger partial charge in [-0.05, 0) is 25.1 Å². The summed E-state index contributed by atoms with van der Waals surface area (Å²) in [5.41, 5.74) is 8.25. The first-order valence-electron chi connectivity index (χ1n) is 5.80. The van der Waals surface area contributed by atoms with E-state index in [-0.39, 0.29) is 0 Å². The maximum absolute atomic E-state index is 5.83. The molecule has 2 heterocycles. The van der Waals surface area contributed by atoms with E-state index in [0.29, 0.717) is 17.4 Å². The smallest absolute Gasteiger partial charge is 0.221 e. The van der Waals surface area contributed by atoms with Gasteiger partial charge in [-0.25, -0.2) is 14.6 Å². The number of nitrogens with zero attached hydrogens (tertiary/aromatic N) is 4. The summed E-state index contributed by atoms with van der Waals surface area (Å²) in [6, 6.07) is 5.65. The highest BCUT2D eigenvalue weighted by molar-refractivity contribution is 5.83. The quantitative estimate of drug-likeness (QED) is 0.705. The average molecular weight is 255 g/mol. The van der Waals surface area contributed by atoms with Gasteiger partial charge in [-0.1, -0.05) is 0 Å². The Morgan fingerprint density at radius 2 is 2.11 bits per heavy atom. The molecule has 6 nitrogen and oxygen atoms in total. The molecule has 0 saturated carbocycles. The van der Waals surface area contributed by atoms with Crippen LogP contribution >= 0.6 is 0 Å². The number of nitrogen functional groups attached to an aromatic ring is 1. The van der Waals surface area contributed by atoms with E-state index in [1.54, 1.807) is 18.0 Å². The van der Waals surface area contributed by atoms with Gasteiger partial charge in [-0.15, -0.1) is 0 Å². The Bertz CT molecular complexity index is 750. The van der Waals surface area contributed by atoms with Crippen LogP contribution in [0, 0.1) is 6.92 Å². The summed E-state index contributed by atoms with van der Waals surface area (Å²) in [6.07, 6.45) is 3.24. The van der Waals surface area contributed by atoms with Crippen molar-refractivity contribution < 1.29 is 4.74 Å². The van der Waals surface area contributed by atoms with Crippen molar-refractivity contribution in [1.82, 2.24) is 19.7 Å². The fourth-order valence-electron chi connectivity index (χ4n) is 2.05. The van der Waals surface area contributed by atoms with Crippen molar-refractivity contribution in [3.8, 4) is 11.7 Å². The number of benzene rings is 1. The zero-order valence-electron chi connectivity index (χ0n) is 10.7. The lowest BCUT2D eigenvalue weighted by Gasteiger charge is -2.09. The molecule has 0 saturated heterocycles. The lowest BCUT2D eigenvalue weighted by Crippen LogP contribution is -2.05. The van der Waals surface area contributed by atoms with Gasteiger partial charge in [0, 0.05) is 11.1 Å². The van der Waals surface area contributed by atoms with E-state index >= 15 is 0 Å². The summed E-state index contributed by atoms with van der Waals surface area (Å²) in [5.74, 6) is 1.23. The maximum atomic E-state index is 5.83. The second-order valence-electron chi connectivity index (χ2n) is 4.21. The summed E-state index contributed by atoms with van der Waals surface area (Å²) in [7, 11) is 1.58. The number of nitrogens with two attached hydrogens (primary N) is 1. The highest BCUT2D eigenvalue weighted by Crippen LogP contribution is 2.24. The number of rotatable bonds is 2. The molecule has 0 amide bonds. The molecular formula is C13H13N5O. The summed E-state index contributed by atoms with van der Waals surface area (Å²) in [4.78, 5) is 8.34. The molecule has 0 fully saturated rings. The predicted molar refractivity (Wildman–Crippen MR) is 72.4 cm³/mol. The van der Waals surface area contributed by atoms with E-state index in [1.165, 1.54) is 6.33 Å². The highest BCUT2D eigenvalue weighted by atomic mass is 16.5. The minimum atomic E-state index is 0.539. The van der Waals surface area contributed by atoms with Gasteiger partial charge in [0.05, 0.1) is 24.4 Å². The zero-order chi connectivity index (χ0) is 13.4. The third-order valence-electron chi connectivity index (χ3n) is 3.00. The van der Waals surface area contributed by atoms with Crippen LogP contribution in [0.4, 0.5) is 5.69 Å². The molecule has 0 spiro atoms. The summed E-state index contributed by atoms with van der Waals surface area (Å²) >= 11 is 0. The molecule has 0 aliphatic rings. The van der Waals surface area contributed by atoms with Crippen LogP contribution in [-0.4, -0.2) is 26.9 Å². The van der Waals surface area contributed by atoms with Gasteiger partial charge in [-0.3, -0.25) is 0 Å². The second-order valence-corrected chi connectivity index (χ2v) is 4.21. The van der Waals surface area contributed by atoms with Gasteiger partial charge >= 0.3 is 0 Å². The van der Waals surface area contributed by atoms with E-state index in [4.69, 9.17) is 10.5 Å². The molecule has 0 unspecified atom stereocenters. The van der Waals surface area contributed by atoms with Gasteiger partial charge in [0.2, 0.25) is 5.88 Å². The molecular weight excluding hydrogens is 242 g/mol. The third-order valence-corrected chi connectivity index (χ3v) is 3.00. The molecule has 0 aliphatic heterocycles. The van der Waals surface area contributed by atoms with Gasteiger partial charge in [0.15, 0.2) is 5.82 Å². The molecule has 2 aromatic heterocycles. The van der Waals surface area contributed by atoms with Gasteiger partial charge in [0.1, 0.15) is 6.33 Å². The Kier molecular flexibility index (Phi) is 2.56. The van der Waals surface area contributed by atoms with Crippen LogP contribution in [0.15, 0.2) is 30.7 Å². The highest BCUT2D eigenvalue weighted by Gasteiger charge is 2.12. The first-order valence-corrected chi connectivity index (χ1v) is 5.80. The van der Waals surface area contributed by atoms with Crippen molar-refractivity contribution >= 4 is 16.6 Å². The van der Waals surface area contributed by atoms with Crippen molar-refractivity contribution in [2.45, 2.75) is 6.92 Å². The Balaban J connectivity index is 2.27. The number of methoxy groups -OCH3 is 1. The fourth-order valence-corrected chi connectivity index (χ4v) is 2.05. The molecule has 6 heteroatoms. The monoisotopic (exact) mass is 255 g/mol. The molecule has 0 aliphatic carbocycles. The van der Waals surface area contributed by atoms with Gasteiger partial charge in [0.25, 0.3) is 0 Å². The minimum Gasteiger partial charge on any atom is -0.481 e. The molecule has 1 aromatic carbocycles. The molecule has 2 N–H and O–H groups in total. The average Bonchev–Trinajstić information content (AvgIpc) is 2.82. The third kappa shape index (κ3) is 1.77. The predicted octanol–water partition coefficient (Wildman–Crippen LogP) is 1.71. The van der Waals surface area contributed by atoms with Crippen LogP contribution in [-0.2, 0) is 0 Å². The van der Waals surface area contributed by atoms with Crippen molar-refractivity contribution in [2.24, 2.45) is 0 Å². The number of anilines is 1. The Morgan fingerprint density at radius 1 is 1.26 bits per heavy atom. The SMILES string of the molecule is COc1ncnc(-n2ncc3ccc(N)cc32)c1C. The lowest BCUT2D eigenvalue weighted by molar-refractivity contribution is 0.393. The van der Waals surface area contributed by atoms with E-state index in [9.17, 15) is 0 Å². The van der Waals surface area contributed by atoms with E-state index in [0.717, 1.165) is 16.5 Å². The van der Waals surface area contributed by atoms with Crippen LogP contribution in [0.1, 0.15) is 5.56 Å². The number of aromatic nitrogens is 4. The van der Waals surface area contributed by atoms with Gasteiger partial charge < -0.3 is 10.5 Å². The molecule has 0 bridgehead atoms. The number of ether oxygens (including phenoxy) is 1. The fraction of sp³-hybridized carbons (Fsp3) is 0.154. The first kappa shape index (κ1) is 11.5. The van der Waals surface area contributed by atoms with E-state index in [1.807, 2.05) is 25.1 Å². The summed E-state index contributed by atoms with van der Waals surface area (Å²) < 4.78 is 6.94. The topological polar surface area (TPSA) is 78.9 Å². The van der Waals surface area contributed by atoms with Crippen LogP contribution in [0.2, 0.25) is 0 Å². The van der Waals surface area contributed by atoms with Crippen molar-refractivity contribution in [2.75, 3.05) is 12.8 Å². The van der Waals surface area contributed by atoms with Crippen LogP contribution in [0.5, 0.6) is 5.88 Å². The van der Waals surface area contributed by atoms with Crippen molar-refractivity contribution in [3.05, 3.63) is 36.3 Å². The Morgan fingerprint density at radius 3 is 2.89 bits per heavy atom. The normalized spacial score (nSPS) is 10.8. The van der Waals surface area contributed by atoms with Crippen molar-refractivity contribution in [3.63, 3.8) is 0 Å². The number of fused-ring (bicyclic) bond motifs is 1. The van der Waals surface area contributed by atoms with Crippen LogP contribution < -0.4 is 10.5 Å². The molecule has 0 radical (unpaired) electrons. The Labute approximate surface area is 109 Å². The minimum absolute atomic E-state index is 0.539. The maximum Gasteiger partial charge on any atom is 0.221 e. The standard InChI is InChI=1S/C13H13N5O/c1-8-12(15-7-16-13(8)19-2)18-11-5-10(14)4-3-9(11)6-17-18/h3-7H,14H2,1-2H3. The molecule has 3 aromatic rings. The van der Waals surface area contributed by atoms with Gasteiger partial charge in [-0.2, -0.15) is 5.10 Å². The van der Waals surface area contributed by atoms with Crippen LogP contribution in [0.25, 0.3) is 16.7 Å². The molecule has 0 atom stereocenters. The van der Waals surface area contributed by atoms with Crippen molar-refractivity contribution in [1.29, 1.82) is 0 Å². The largest absolute Gasteiger partial charge is 0.481 e. The van der Waals surface area contributed by atoms with E-state index < -0.39 is 0 Å². The number of hydrogen-bond acceptors (Lipinski definition) is 5. The lowest BCUT2D eigenvalue weighted by atomic mass is 10.2. The first-order chi connectivity index (χ1) is 9.20. The molecule has 3 rings (SSSR count). The summed E-state index contributed by atoms with van der Waals surface area (Å²) in [5, 5.41) is 5.36. The second kappa shape index (κ2) is 4.24. The number of hydrogen-bond donors (Lipinski definition) is 1. The van der Waals surface area contributed by atoms with Crippen LogP contribution in [0.3, 0.4) is 0 Å². The zero-order valence-corrected chi connectivity index (χ0v) is 10.7. The van der Waals surface area contributed by atoms with E-state index in [2.05, 4.69) is 15.1 Å². The Hall–Kier alpha value is -2.63. The molecule has 96 valence electrons. The summed E-state index contributed by atoms with van der Waals surface area (Å²) in [6.45, 7) is 1.90.